The van der Waals surface area contributed by atoms with Gasteiger partial charge in [-0.15, -0.1) is 0 Å². The first-order valence-electron chi connectivity index (χ1n) is 8.56. The third kappa shape index (κ3) is 4.42. The Kier molecular flexibility index (Phi) is 5.46. The van der Waals surface area contributed by atoms with Crippen LogP contribution in [0.3, 0.4) is 0 Å². The number of carbonyl (C=O) groups excluding carboxylic acids is 1. The van der Waals surface area contributed by atoms with Crippen molar-refractivity contribution in [1.29, 1.82) is 0 Å². The van der Waals surface area contributed by atoms with E-state index in [0.717, 1.165) is 31.7 Å². The molecular formula is C17H27N5O. The van der Waals surface area contributed by atoms with E-state index in [1.165, 1.54) is 25.9 Å². The number of hydrogen-bond acceptors (Lipinski definition) is 4. The minimum Gasteiger partial charge on any atom is -0.334 e. The van der Waals surface area contributed by atoms with Gasteiger partial charge in [-0.05, 0) is 44.6 Å². The maximum atomic E-state index is 12.3. The molecule has 0 atom stereocenters. The van der Waals surface area contributed by atoms with Gasteiger partial charge in [-0.2, -0.15) is 0 Å². The van der Waals surface area contributed by atoms with Crippen LogP contribution in [0.4, 0.5) is 4.79 Å². The molecule has 2 aliphatic heterocycles. The predicted octanol–water partition coefficient (Wildman–Crippen LogP) is 1.00. The molecule has 23 heavy (non-hydrogen) atoms. The van der Waals surface area contributed by atoms with E-state index in [9.17, 15) is 4.79 Å². The molecule has 1 N–H and O–H groups in total. The summed E-state index contributed by atoms with van der Waals surface area (Å²) >= 11 is 0. The number of amides is 2. The lowest BCUT2D eigenvalue weighted by molar-refractivity contribution is 0.0749. The largest absolute Gasteiger partial charge is 0.334 e. The molecule has 126 valence electrons. The highest BCUT2D eigenvalue weighted by Gasteiger charge is 2.27. The number of urea groups is 1. The molecule has 1 aromatic heterocycles. The topological polar surface area (TPSA) is 51.7 Å². The van der Waals surface area contributed by atoms with Crippen LogP contribution in [0.1, 0.15) is 18.4 Å². The zero-order valence-corrected chi connectivity index (χ0v) is 13.9. The summed E-state index contributed by atoms with van der Waals surface area (Å²) in [6, 6.07) is 4.61. The number of carbonyl (C=O) groups is 1. The van der Waals surface area contributed by atoms with Crippen molar-refractivity contribution in [2.24, 2.45) is 0 Å². The highest BCUT2D eigenvalue weighted by molar-refractivity contribution is 5.74. The third-order valence-corrected chi connectivity index (χ3v) is 4.97. The Bertz CT molecular complexity index is 493. The quantitative estimate of drug-likeness (QED) is 0.904. The summed E-state index contributed by atoms with van der Waals surface area (Å²) in [5, 5.41) is 2.99. The smallest absolute Gasteiger partial charge is 0.317 e. The van der Waals surface area contributed by atoms with Gasteiger partial charge in [0.1, 0.15) is 0 Å². The zero-order valence-electron chi connectivity index (χ0n) is 13.9. The maximum Gasteiger partial charge on any atom is 0.317 e. The minimum absolute atomic E-state index is 0.0388. The van der Waals surface area contributed by atoms with Crippen LogP contribution in [0.2, 0.25) is 0 Å². The number of likely N-dealkylation sites (tertiary alicyclic amines) is 1. The monoisotopic (exact) mass is 317 g/mol. The molecule has 2 amide bonds. The lowest BCUT2D eigenvalue weighted by Crippen LogP contribution is -2.55. The van der Waals surface area contributed by atoms with Gasteiger partial charge >= 0.3 is 6.03 Å². The second-order valence-corrected chi connectivity index (χ2v) is 6.58. The average Bonchev–Trinajstić information content (AvgIpc) is 2.61. The van der Waals surface area contributed by atoms with Crippen LogP contribution in [-0.4, -0.2) is 78.1 Å². The standard InChI is InChI=1S/C17H27N5O/c1-20-7-4-16(5-8-20)21-9-11-22(12-10-21)17(23)19-14-15-3-2-6-18-13-15/h2-3,6,13,16H,4-5,7-12,14H2,1H3,(H,19,23). The number of piperidine rings is 1. The van der Waals surface area contributed by atoms with Crippen molar-refractivity contribution >= 4 is 6.03 Å². The van der Waals surface area contributed by atoms with E-state index < -0.39 is 0 Å². The first kappa shape index (κ1) is 16.2. The van der Waals surface area contributed by atoms with E-state index in [2.05, 4.69) is 27.1 Å². The van der Waals surface area contributed by atoms with Crippen molar-refractivity contribution in [1.82, 2.24) is 25.0 Å². The summed E-state index contributed by atoms with van der Waals surface area (Å²) in [5.41, 5.74) is 1.03. The van der Waals surface area contributed by atoms with Crippen LogP contribution in [0, 0.1) is 0 Å². The van der Waals surface area contributed by atoms with E-state index in [-0.39, 0.29) is 6.03 Å². The first-order chi connectivity index (χ1) is 11.2. The minimum atomic E-state index is 0.0388. The molecule has 0 aromatic carbocycles. The second kappa shape index (κ2) is 7.75. The van der Waals surface area contributed by atoms with Gasteiger partial charge in [-0.1, -0.05) is 6.07 Å². The summed E-state index contributed by atoms with van der Waals surface area (Å²) in [5.74, 6) is 0. The highest BCUT2D eigenvalue weighted by atomic mass is 16.2. The number of hydrogen-bond donors (Lipinski definition) is 1. The molecule has 0 unspecified atom stereocenters. The van der Waals surface area contributed by atoms with Crippen LogP contribution < -0.4 is 5.32 Å². The van der Waals surface area contributed by atoms with Gasteiger partial charge in [-0.25, -0.2) is 4.79 Å². The fraction of sp³-hybridized carbons (Fsp3) is 0.647. The molecule has 0 aliphatic carbocycles. The number of nitrogens with zero attached hydrogens (tertiary/aromatic N) is 4. The summed E-state index contributed by atoms with van der Waals surface area (Å²) < 4.78 is 0. The van der Waals surface area contributed by atoms with Gasteiger partial charge < -0.3 is 15.1 Å². The van der Waals surface area contributed by atoms with Crippen molar-refractivity contribution in [3.8, 4) is 0 Å². The molecule has 3 rings (SSSR count). The van der Waals surface area contributed by atoms with Crippen molar-refractivity contribution < 1.29 is 4.79 Å². The summed E-state index contributed by atoms with van der Waals surface area (Å²) in [6.07, 6.45) is 6.04. The number of piperazine rings is 1. The van der Waals surface area contributed by atoms with Gasteiger partial charge in [0.25, 0.3) is 0 Å². The molecule has 6 heteroatoms. The summed E-state index contributed by atoms with van der Waals surface area (Å²) in [6.45, 7) is 6.56. The fourth-order valence-corrected chi connectivity index (χ4v) is 3.44. The van der Waals surface area contributed by atoms with Crippen LogP contribution in [-0.2, 0) is 6.54 Å². The molecule has 0 radical (unpaired) electrons. The maximum absolute atomic E-state index is 12.3. The van der Waals surface area contributed by atoms with E-state index in [1.54, 1.807) is 12.4 Å². The van der Waals surface area contributed by atoms with Crippen molar-refractivity contribution in [3.63, 3.8) is 0 Å². The molecular weight excluding hydrogens is 290 g/mol. The summed E-state index contributed by atoms with van der Waals surface area (Å²) in [4.78, 5) is 23.2. The molecule has 3 heterocycles. The van der Waals surface area contributed by atoms with Crippen LogP contribution >= 0.6 is 0 Å². The first-order valence-corrected chi connectivity index (χ1v) is 8.56. The lowest BCUT2D eigenvalue weighted by Gasteiger charge is -2.42. The average molecular weight is 317 g/mol. The lowest BCUT2D eigenvalue weighted by atomic mass is 10.0. The molecule has 1 aromatic rings. The van der Waals surface area contributed by atoms with Gasteiger partial charge in [0.15, 0.2) is 0 Å². The Morgan fingerprint density at radius 2 is 1.96 bits per heavy atom. The Hall–Kier alpha value is -1.66. The van der Waals surface area contributed by atoms with E-state index in [1.807, 2.05) is 17.0 Å². The number of nitrogens with one attached hydrogen (secondary N) is 1. The molecule has 0 spiro atoms. The Morgan fingerprint density at radius 1 is 1.22 bits per heavy atom. The second-order valence-electron chi connectivity index (χ2n) is 6.58. The van der Waals surface area contributed by atoms with Crippen LogP contribution in [0.5, 0.6) is 0 Å². The third-order valence-electron chi connectivity index (χ3n) is 4.97. The molecule has 2 saturated heterocycles. The SMILES string of the molecule is CN1CCC(N2CCN(C(=O)NCc3cccnc3)CC2)CC1. The molecule has 6 nitrogen and oxygen atoms in total. The van der Waals surface area contributed by atoms with Gasteiger partial charge in [-0.3, -0.25) is 9.88 Å². The van der Waals surface area contributed by atoms with E-state index in [4.69, 9.17) is 0 Å². The molecule has 0 saturated carbocycles. The van der Waals surface area contributed by atoms with Crippen LogP contribution in [0.25, 0.3) is 0 Å². The predicted molar refractivity (Wildman–Crippen MR) is 90.1 cm³/mol. The fourth-order valence-electron chi connectivity index (χ4n) is 3.44. The molecule has 0 bridgehead atoms. The van der Waals surface area contributed by atoms with E-state index in [0.29, 0.717) is 12.6 Å². The molecule has 2 aliphatic rings. The highest BCUT2D eigenvalue weighted by Crippen LogP contribution is 2.17. The van der Waals surface area contributed by atoms with Crippen molar-refractivity contribution in [2.45, 2.75) is 25.4 Å². The van der Waals surface area contributed by atoms with Crippen molar-refractivity contribution in [3.05, 3.63) is 30.1 Å². The Balaban J connectivity index is 1.40. The van der Waals surface area contributed by atoms with Crippen molar-refractivity contribution in [2.75, 3.05) is 46.3 Å². The number of aromatic nitrogens is 1. The van der Waals surface area contributed by atoms with Gasteiger partial charge in [0.2, 0.25) is 0 Å². The van der Waals surface area contributed by atoms with Gasteiger partial charge in [0.05, 0.1) is 0 Å². The van der Waals surface area contributed by atoms with E-state index >= 15 is 0 Å². The number of pyridine rings is 1. The van der Waals surface area contributed by atoms with Crippen LogP contribution in [0.15, 0.2) is 24.5 Å². The number of rotatable bonds is 3. The zero-order chi connectivity index (χ0) is 16.1. The Labute approximate surface area is 138 Å². The molecule has 2 fully saturated rings. The van der Waals surface area contributed by atoms with Gasteiger partial charge in [0, 0.05) is 51.2 Å². The Morgan fingerprint density at radius 3 is 2.61 bits per heavy atom. The normalized spacial score (nSPS) is 21.3. The summed E-state index contributed by atoms with van der Waals surface area (Å²) in [7, 11) is 2.20.